The molecule has 0 spiro atoms. The lowest BCUT2D eigenvalue weighted by Gasteiger charge is -2.18. The van der Waals surface area contributed by atoms with Gasteiger partial charge in [0.2, 0.25) is 0 Å². The van der Waals surface area contributed by atoms with Gasteiger partial charge in [-0.25, -0.2) is 4.79 Å². The molecule has 3 rings (SSSR count). The van der Waals surface area contributed by atoms with Crippen LogP contribution in [0.25, 0.3) is 0 Å². The minimum Gasteiger partial charge on any atom is -0.427 e. The van der Waals surface area contributed by atoms with Gasteiger partial charge < -0.3 is 24.1 Å². The predicted molar refractivity (Wildman–Crippen MR) is 107 cm³/mol. The van der Waals surface area contributed by atoms with Crippen LogP contribution >= 0.6 is 0 Å². The average molecular weight is 430 g/mol. The maximum Gasteiger partial charge on any atom is 0.330 e. The molecule has 0 bridgehead atoms. The summed E-state index contributed by atoms with van der Waals surface area (Å²) in [7, 11) is 2.75. The first-order chi connectivity index (χ1) is 14.9. The molecule has 4 atom stereocenters. The number of rotatable bonds is 6. The van der Waals surface area contributed by atoms with Crippen molar-refractivity contribution in [1.29, 1.82) is 0 Å². The van der Waals surface area contributed by atoms with Gasteiger partial charge in [-0.2, -0.15) is 0 Å². The summed E-state index contributed by atoms with van der Waals surface area (Å²) in [6, 6.07) is 8.62. The molecule has 0 amide bonds. The third kappa shape index (κ3) is 5.28. The highest BCUT2D eigenvalue weighted by atomic mass is 16.7. The highest BCUT2D eigenvalue weighted by Gasteiger charge is 2.45. The fourth-order valence-electron chi connectivity index (χ4n) is 3.05. The first-order valence-corrected chi connectivity index (χ1v) is 9.43. The number of aromatic nitrogens is 2. The fraction of sp³-hybridized carbons (Fsp3) is 0.381. The number of ether oxygens (including phenoxy) is 4. The average Bonchev–Trinajstić information content (AvgIpc) is 3.08. The Labute approximate surface area is 177 Å². The van der Waals surface area contributed by atoms with Gasteiger partial charge in [0.15, 0.2) is 12.5 Å². The summed E-state index contributed by atoms with van der Waals surface area (Å²) in [4.78, 5) is 38.3. The molecule has 0 aliphatic carbocycles. The number of para-hydroxylation sites is 1. The molecule has 1 aromatic heterocycles. The second kappa shape index (κ2) is 10.2. The van der Waals surface area contributed by atoms with E-state index in [2.05, 4.69) is 16.8 Å². The number of H-pyrrole nitrogens is 1. The van der Waals surface area contributed by atoms with Gasteiger partial charge >= 0.3 is 11.7 Å². The van der Waals surface area contributed by atoms with Crippen molar-refractivity contribution in [3.63, 3.8) is 0 Å². The number of nitrogens with one attached hydrogen (secondary N) is 1. The van der Waals surface area contributed by atoms with E-state index >= 15 is 0 Å². The Hall–Kier alpha value is -3.23. The van der Waals surface area contributed by atoms with Crippen molar-refractivity contribution < 1.29 is 28.8 Å². The Bertz CT molecular complexity index is 1080. The van der Waals surface area contributed by atoms with Gasteiger partial charge in [-0.1, -0.05) is 30.0 Å². The van der Waals surface area contributed by atoms with Crippen LogP contribution in [0.15, 0.2) is 46.1 Å². The Balaban J connectivity index is 1.70. The number of hydrogen-bond acceptors (Lipinski definition) is 8. The first kappa shape index (κ1) is 22.5. The van der Waals surface area contributed by atoms with Crippen LogP contribution < -0.4 is 16.0 Å². The smallest absolute Gasteiger partial charge is 0.330 e. The molecule has 1 aliphatic rings. The topological polar surface area (TPSA) is 129 Å². The molecule has 1 aliphatic heterocycles. The summed E-state index contributed by atoms with van der Waals surface area (Å²) in [6.07, 6.45) is -2.71. The Morgan fingerprint density at radius 2 is 1.97 bits per heavy atom. The second-order valence-electron chi connectivity index (χ2n) is 6.62. The lowest BCUT2D eigenvalue weighted by atomic mass is 10.2. The van der Waals surface area contributed by atoms with Crippen molar-refractivity contribution in [3.05, 3.63) is 62.9 Å². The number of carbonyl (C=O) groups is 1. The second-order valence-corrected chi connectivity index (χ2v) is 6.62. The normalized spacial score (nSPS) is 22.5. The Kier molecular flexibility index (Phi) is 7.38. The minimum absolute atomic E-state index is 0.0227. The number of methoxy groups -OCH3 is 2. The standard InChI is InChI=1S/C21H22N2O8/c1-28-17-16(25)19(31-20(17)29-2)23-12-13(18(26)22-21(23)27)8-6-7-11-15(24)30-14-9-4-3-5-10-14/h3-5,9-10,12,16-17,19-20,25H,7,11H2,1-2H3,(H,22,26,27)/t16?,17?,19-,20+/m1/s1. The number of hydrogen-bond donors (Lipinski definition) is 2. The Morgan fingerprint density at radius 1 is 1.23 bits per heavy atom. The van der Waals surface area contributed by atoms with Crippen LogP contribution in [-0.2, 0) is 19.0 Å². The largest absolute Gasteiger partial charge is 0.427 e. The van der Waals surface area contributed by atoms with Crippen molar-refractivity contribution in [1.82, 2.24) is 9.55 Å². The predicted octanol–water partition coefficient (Wildman–Crippen LogP) is 0.151. The molecule has 2 N–H and O–H groups in total. The van der Waals surface area contributed by atoms with E-state index in [1.165, 1.54) is 20.4 Å². The number of benzene rings is 1. The molecule has 0 saturated carbocycles. The number of esters is 1. The van der Waals surface area contributed by atoms with Crippen LogP contribution in [0.3, 0.4) is 0 Å². The molecule has 2 aromatic rings. The van der Waals surface area contributed by atoms with Crippen molar-refractivity contribution in [2.45, 2.75) is 37.6 Å². The quantitative estimate of drug-likeness (QED) is 0.377. The van der Waals surface area contributed by atoms with Crippen molar-refractivity contribution >= 4 is 5.97 Å². The van der Waals surface area contributed by atoms with Crippen LogP contribution in [0.2, 0.25) is 0 Å². The molecule has 2 heterocycles. The SMILES string of the molecule is COC1C(O)[C@H](n2cc(C#CCCC(=O)Oc3ccccc3)c(=O)[nH]c2=O)O[C@@H]1OC. The van der Waals surface area contributed by atoms with Gasteiger partial charge in [0, 0.05) is 26.8 Å². The lowest BCUT2D eigenvalue weighted by molar-refractivity contribution is -0.166. The number of nitrogens with zero attached hydrogens (tertiary/aromatic N) is 1. The molecule has 1 fully saturated rings. The van der Waals surface area contributed by atoms with E-state index in [-0.39, 0.29) is 18.4 Å². The van der Waals surface area contributed by atoms with Gasteiger partial charge in [-0.15, -0.1) is 0 Å². The molecule has 10 nitrogen and oxygen atoms in total. The first-order valence-electron chi connectivity index (χ1n) is 9.43. The van der Waals surface area contributed by atoms with E-state index in [0.717, 1.165) is 4.57 Å². The molecule has 2 unspecified atom stereocenters. The highest BCUT2D eigenvalue weighted by Crippen LogP contribution is 2.30. The molecule has 31 heavy (non-hydrogen) atoms. The van der Waals surface area contributed by atoms with Crippen molar-refractivity contribution in [3.8, 4) is 17.6 Å². The van der Waals surface area contributed by atoms with E-state index in [1.54, 1.807) is 30.3 Å². The van der Waals surface area contributed by atoms with Gasteiger partial charge in [-0.3, -0.25) is 19.1 Å². The molecular formula is C21H22N2O8. The van der Waals surface area contributed by atoms with E-state index in [1.807, 2.05) is 0 Å². The lowest BCUT2D eigenvalue weighted by Crippen LogP contribution is -2.39. The van der Waals surface area contributed by atoms with Crippen LogP contribution in [0.4, 0.5) is 0 Å². The van der Waals surface area contributed by atoms with Crippen molar-refractivity contribution in [2.75, 3.05) is 14.2 Å². The molecule has 1 aromatic carbocycles. The van der Waals surface area contributed by atoms with E-state index in [4.69, 9.17) is 18.9 Å². The van der Waals surface area contributed by atoms with Gasteiger partial charge in [0.1, 0.15) is 23.5 Å². The third-order valence-corrected chi connectivity index (χ3v) is 4.57. The zero-order valence-electron chi connectivity index (χ0n) is 16.9. The van der Waals surface area contributed by atoms with Gasteiger partial charge in [0.05, 0.1) is 6.42 Å². The Morgan fingerprint density at radius 3 is 2.61 bits per heavy atom. The zero-order chi connectivity index (χ0) is 22.4. The van der Waals surface area contributed by atoms with Gasteiger partial charge in [-0.05, 0) is 12.1 Å². The van der Waals surface area contributed by atoms with Crippen molar-refractivity contribution in [2.24, 2.45) is 0 Å². The highest BCUT2D eigenvalue weighted by molar-refractivity contribution is 5.72. The zero-order valence-corrected chi connectivity index (χ0v) is 16.9. The summed E-state index contributed by atoms with van der Waals surface area (Å²) < 4.78 is 22.0. The number of aliphatic hydroxyl groups excluding tert-OH is 1. The molecule has 164 valence electrons. The monoisotopic (exact) mass is 430 g/mol. The number of carbonyl (C=O) groups excluding carboxylic acids is 1. The summed E-state index contributed by atoms with van der Waals surface area (Å²) in [5, 5.41) is 10.4. The van der Waals surface area contributed by atoms with E-state index in [9.17, 15) is 19.5 Å². The summed E-state index contributed by atoms with van der Waals surface area (Å²) in [6.45, 7) is 0. The van der Waals surface area contributed by atoms with Crippen LogP contribution in [0, 0.1) is 11.8 Å². The maximum atomic E-state index is 12.2. The van der Waals surface area contributed by atoms with Crippen LogP contribution in [0.1, 0.15) is 24.6 Å². The summed E-state index contributed by atoms with van der Waals surface area (Å²) in [5.41, 5.74) is -1.50. The summed E-state index contributed by atoms with van der Waals surface area (Å²) >= 11 is 0. The third-order valence-electron chi connectivity index (χ3n) is 4.57. The van der Waals surface area contributed by atoms with Gasteiger partial charge in [0.25, 0.3) is 5.56 Å². The number of aromatic amines is 1. The molecule has 10 heteroatoms. The fourth-order valence-corrected chi connectivity index (χ4v) is 3.05. The van der Waals surface area contributed by atoms with E-state index in [0.29, 0.717) is 5.75 Å². The van der Waals surface area contributed by atoms with Crippen LogP contribution in [0.5, 0.6) is 5.75 Å². The maximum absolute atomic E-state index is 12.2. The molecular weight excluding hydrogens is 408 g/mol. The van der Waals surface area contributed by atoms with Crippen LogP contribution in [-0.4, -0.2) is 53.3 Å². The molecule has 0 radical (unpaired) electrons. The minimum atomic E-state index is -1.22. The number of aliphatic hydroxyl groups is 1. The molecule has 1 saturated heterocycles. The summed E-state index contributed by atoms with van der Waals surface area (Å²) in [5.74, 6) is 5.31. The van der Waals surface area contributed by atoms with E-state index < -0.39 is 41.9 Å².